The second kappa shape index (κ2) is 12.4. The number of carboxylic acids is 1. The highest BCUT2D eigenvalue weighted by Crippen LogP contribution is 2.37. The second-order valence-corrected chi connectivity index (χ2v) is 11.0. The molecular weight excluding hydrogens is 556 g/mol. The number of halogens is 4. The largest absolute Gasteiger partial charge is 0.492 e. The quantitative estimate of drug-likeness (QED) is 0.406. The van der Waals surface area contributed by atoms with E-state index in [0.717, 1.165) is 6.07 Å². The number of nitriles is 1. The number of carbonyl (C=O) groups is 1. The molecule has 0 aliphatic carbocycles. The van der Waals surface area contributed by atoms with E-state index >= 15 is 0 Å². The first kappa shape index (κ1) is 30.1. The van der Waals surface area contributed by atoms with Crippen LogP contribution in [0.25, 0.3) is 0 Å². The molecule has 36 heavy (non-hydrogen) atoms. The van der Waals surface area contributed by atoms with Crippen molar-refractivity contribution in [3.8, 4) is 11.8 Å². The summed E-state index contributed by atoms with van der Waals surface area (Å²) in [6.45, 7) is 2.36. The van der Waals surface area contributed by atoms with E-state index in [4.69, 9.17) is 38.3 Å². The summed E-state index contributed by atoms with van der Waals surface area (Å²) in [6.07, 6.45) is 0.355. The highest BCUT2D eigenvalue weighted by molar-refractivity contribution is 7.89. The Morgan fingerprint density at radius 2 is 2.00 bits per heavy atom. The van der Waals surface area contributed by atoms with Crippen molar-refractivity contribution in [2.75, 3.05) is 26.2 Å². The molecule has 0 saturated carbocycles. The van der Waals surface area contributed by atoms with Crippen molar-refractivity contribution in [3.63, 3.8) is 0 Å². The Bertz CT molecular complexity index is 1250. The number of carboxylic acid groups (broad SMARTS) is 1. The number of benzene rings is 2. The molecule has 0 amide bonds. The van der Waals surface area contributed by atoms with Gasteiger partial charge in [0.25, 0.3) is 0 Å². The van der Waals surface area contributed by atoms with Crippen molar-refractivity contribution < 1.29 is 27.4 Å². The van der Waals surface area contributed by atoms with Gasteiger partial charge in [-0.3, -0.25) is 4.79 Å². The monoisotopic (exact) mass is 579 g/mol. The van der Waals surface area contributed by atoms with Crippen LogP contribution in [0, 0.1) is 23.1 Å². The molecule has 1 aliphatic heterocycles. The van der Waals surface area contributed by atoms with E-state index < -0.39 is 27.3 Å². The Morgan fingerprint density at radius 3 is 2.56 bits per heavy atom. The molecule has 3 rings (SSSR count). The van der Waals surface area contributed by atoms with E-state index in [-0.39, 0.29) is 72.2 Å². The van der Waals surface area contributed by atoms with E-state index in [1.54, 1.807) is 6.07 Å². The van der Waals surface area contributed by atoms with Crippen LogP contribution in [0.15, 0.2) is 41.3 Å². The second-order valence-electron chi connectivity index (χ2n) is 8.22. The van der Waals surface area contributed by atoms with Gasteiger partial charge in [0.15, 0.2) is 0 Å². The summed E-state index contributed by atoms with van der Waals surface area (Å²) in [5, 5.41) is 21.5. The van der Waals surface area contributed by atoms with E-state index in [1.807, 2.05) is 6.92 Å². The number of sulfonamides is 1. The van der Waals surface area contributed by atoms with Gasteiger partial charge in [-0.05, 0) is 36.8 Å². The molecule has 1 heterocycles. The van der Waals surface area contributed by atoms with Crippen LogP contribution in [0.3, 0.4) is 0 Å². The Balaban J connectivity index is 0.00000456. The number of hydrogen-bond donors (Lipinski definition) is 2. The Labute approximate surface area is 225 Å². The normalized spacial score (nSPS) is 15.8. The predicted molar refractivity (Wildman–Crippen MR) is 136 cm³/mol. The number of nitrogens with one attached hydrogen (secondary N) is 1. The fraction of sp³-hybridized carbons (Fsp3) is 0.391. The van der Waals surface area contributed by atoms with Crippen molar-refractivity contribution in [3.05, 3.63) is 57.8 Å². The predicted octanol–water partition coefficient (Wildman–Crippen LogP) is 4.34. The molecule has 196 valence electrons. The van der Waals surface area contributed by atoms with Crippen LogP contribution < -0.4 is 10.1 Å². The standard InChI is InChI=1S/C23H24Cl2FN3O5S.ClH/c1-2-23(28-8-7-22(30)31,14-34-18-5-3-15(11-27)20(26)10-18)16-12-29(13-16)35(32,33)21-6-4-17(24)9-19(21)25;/h3-6,9-10,16,28H,2,7-8,12-14H2,1H3,(H,30,31);1H. The average molecular weight is 581 g/mol. The zero-order valence-electron chi connectivity index (χ0n) is 19.2. The topological polar surface area (TPSA) is 120 Å². The third-order valence-electron chi connectivity index (χ3n) is 6.15. The molecule has 13 heteroatoms. The zero-order chi connectivity index (χ0) is 25.8. The molecule has 0 bridgehead atoms. The molecule has 1 fully saturated rings. The summed E-state index contributed by atoms with van der Waals surface area (Å²) in [6, 6.07) is 9.80. The maximum absolute atomic E-state index is 14.0. The maximum atomic E-state index is 14.0. The minimum Gasteiger partial charge on any atom is -0.492 e. The van der Waals surface area contributed by atoms with E-state index in [0.29, 0.717) is 11.4 Å². The lowest BCUT2D eigenvalue weighted by Crippen LogP contribution is -2.66. The van der Waals surface area contributed by atoms with Crippen molar-refractivity contribution in [1.82, 2.24) is 9.62 Å². The van der Waals surface area contributed by atoms with Crippen molar-refractivity contribution in [1.29, 1.82) is 5.26 Å². The lowest BCUT2D eigenvalue weighted by Gasteiger charge is -2.50. The van der Waals surface area contributed by atoms with Crippen LogP contribution in [-0.4, -0.2) is 55.6 Å². The van der Waals surface area contributed by atoms with E-state index in [1.165, 1.54) is 34.6 Å². The van der Waals surface area contributed by atoms with Gasteiger partial charge in [0.05, 0.1) is 22.5 Å². The summed E-state index contributed by atoms with van der Waals surface area (Å²) in [5.41, 5.74) is -0.894. The lowest BCUT2D eigenvalue weighted by atomic mass is 9.78. The van der Waals surface area contributed by atoms with Gasteiger partial charge in [0, 0.05) is 36.6 Å². The highest BCUT2D eigenvalue weighted by Gasteiger charge is 2.48. The summed E-state index contributed by atoms with van der Waals surface area (Å²) in [7, 11) is -3.87. The van der Waals surface area contributed by atoms with Gasteiger partial charge in [0.1, 0.15) is 29.1 Å². The minimum absolute atomic E-state index is 0. The molecular formula is C23H25Cl3FN3O5S. The molecule has 2 N–H and O–H groups in total. The molecule has 2 aromatic carbocycles. The summed E-state index contributed by atoms with van der Waals surface area (Å²) < 4.78 is 47.3. The van der Waals surface area contributed by atoms with Crippen LogP contribution >= 0.6 is 35.6 Å². The van der Waals surface area contributed by atoms with Gasteiger partial charge >= 0.3 is 5.97 Å². The molecule has 0 radical (unpaired) electrons. The summed E-state index contributed by atoms with van der Waals surface area (Å²) in [5.74, 6) is -1.71. The van der Waals surface area contributed by atoms with Gasteiger partial charge in [-0.2, -0.15) is 9.57 Å². The SMILES string of the molecule is CCC(COc1ccc(C#N)c(F)c1)(NCCC(=O)O)C1CN(S(=O)(=O)c2ccc(Cl)cc2Cl)C1.Cl. The number of ether oxygens (including phenoxy) is 1. The number of aliphatic carboxylic acids is 1. The number of rotatable bonds is 11. The maximum Gasteiger partial charge on any atom is 0.304 e. The first-order valence-electron chi connectivity index (χ1n) is 10.8. The van der Waals surface area contributed by atoms with Crippen molar-refractivity contribution in [2.45, 2.75) is 30.2 Å². The average Bonchev–Trinajstić information content (AvgIpc) is 2.75. The summed E-state index contributed by atoms with van der Waals surface area (Å²) in [4.78, 5) is 11.0. The van der Waals surface area contributed by atoms with Crippen LogP contribution in [0.5, 0.6) is 5.75 Å². The minimum atomic E-state index is -3.87. The van der Waals surface area contributed by atoms with Crippen molar-refractivity contribution >= 4 is 51.6 Å². The van der Waals surface area contributed by atoms with Crippen LogP contribution in [0.1, 0.15) is 25.3 Å². The fourth-order valence-corrected chi connectivity index (χ4v) is 6.22. The van der Waals surface area contributed by atoms with E-state index in [9.17, 15) is 17.6 Å². The number of hydrogen-bond acceptors (Lipinski definition) is 6. The molecule has 1 saturated heterocycles. The van der Waals surface area contributed by atoms with Gasteiger partial charge in [0.2, 0.25) is 10.0 Å². The number of nitrogens with zero attached hydrogens (tertiary/aromatic N) is 2. The Kier molecular flexibility index (Phi) is 10.4. The third kappa shape index (κ3) is 6.59. The fourth-order valence-electron chi connectivity index (χ4n) is 3.94. The Morgan fingerprint density at radius 1 is 1.31 bits per heavy atom. The van der Waals surface area contributed by atoms with Gasteiger partial charge < -0.3 is 15.2 Å². The van der Waals surface area contributed by atoms with Gasteiger partial charge in [-0.1, -0.05) is 30.1 Å². The van der Waals surface area contributed by atoms with Gasteiger partial charge in [-0.25, -0.2) is 12.8 Å². The molecule has 1 aliphatic rings. The third-order valence-corrected chi connectivity index (χ3v) is 8.70. The van der Waals surface area contributed by atoms with Crippen LogP contribution in [0.4, 0.5) is 4.39 Å². The molecule has 2 aromatic rings. The Hall–Kier alpha value is -2.13. The molecule has 1 atom stereocenters. The van der Waals surface area contributed by atoms with Gasteiger partial charge in [-0.15, -0.1) is 12.4 Å². The van der Waals surface area contributed by atoms with E-state index in [2.05, 4.69) is 5.32 Å². The smallest absolute Gasteiger partial charge is 0.304 e. The van der Waals surface area contributed by atoms with Crippen LogP contribution in [0.2, 0.25) is 10.0 Å². The summed E-state index contributed by atoms with van der Waals surface area (Å²) >= 11 is 12.0. The molecule has 1 unspecified atom stereocenters. The molecule has 0 aromatic heterocycles. The molecule has 0 spiro atoms. The van der Waals surface area contributed by atoms with Crippen molar-refractivity contribution in [2.24, 2.45) is 5.92 Å². The molecule has 8 nitrogen and oxygen atoms in total. The highest BCUT2D eigenvalue weighted by atomic mass is 35.5. The zero-order valence-corrected chi connectivity index (χ0v) is 22.4. The first-order chi connectivity index (χ1) is 16.5. The lowest BCUT2D eigenvalue weighted by molar-refractivity contribution is -0.137. The van der Waals surface area contributed by atoms with Crippen LogP contribution in [-0.2, 0) is 14.8 Å². The first-order valence-corrected chi connectivity index (χ1v) is 13.0.